The Morgan fingerprint density at radius 1 is 1.21 bits per heavy atom. The van der Waals surface area contributed by atoms with Crippen LogP contribution in [0, 0.1) is 0 Å². The molecule has 2 rings (SSSR count). The molecule has 0 saturated carbocycles. The van der Waals surface area contributed by atoms with Gasteiger partial charge in [-0.3, -0.25) is 4.99 Å². The first kappa shape index (κ1) is 24.1. The van der Waals surface area contributed by atoms with Gasteiger partial charge in [0.25, 0.3) is 0 Å². The molecule has 0 fully saturated rings. The van der Waals surface area contributed by atoms with Crippen LogP contribution in [0.3, 0.4) is 0 Å². The molecule has 10 heteroatoms. The van der Waals surface area contributed by atoms with Crippen molar-refractivity contribution in [1.29, 1.82) is 0 Å². The molecule has 28 heavy (non-hydrogen) atoms. The third kappa shape index (κ3) is 7.56. The maximum atomic E-state index is 12.5. The second-order valence-corrected chi connectivity index (χ2v) is 6.10. The van der Waals surface area contributed by atoms with E-state index in [2.05, 4.69) is 20.8 Å². The summed E-state index contributed by atoms with van der Waals surface area (Å²) in [6, 6.07) is 6.47. The summed E-state index contributed by atoms with van der Waals surface area (Å²) < 4.78 is 48.2. The summed E-state index contributed by atoms with van der Waals surface area (Å²) in [5.74, 6) is 1.91. The van der Waals surface area contributed by atoms with E-state index in [4.69, 9.17) is 9.26 Å². The van der Waals surface area contributed by atoms with Crippen LogP contribution in [0.15, 0.2) is 39.8 Å². The number of benzene rings is 1. The highest BCUT2D eigenvalue weighted by Gasteiger charge is 2.29. The van der Waals surface area contributed by atoms with Gasteiger partial charge in [-0.05, 0) is 30.2 Å². The first-order valence-corrected chi connectivity index (χ1v) is 8.49. The molecular formula is C18H24F3IN4O2. The van der Waals surface area contributed by atoms with E-state index in [0.29, 0.717) is 36.5 Å². The maximum absolute atomic E-state index is 12.5. The van der Waals surface area contributed by atoms with Crippen LogP contribution in [-0.4, -0.2) is 31.3 Å². The van der Waals surface area contributed by atoms with Crippen molar-refractivity contribution in [3.05, 3.63) is 47.3 Å². The molecular weight excluding hydrogens is 488 g/mol. The fraction of sp³-hybridized carbons (Fsp3) is 0.444. The molecule has 1 heterocycles. The predicted molar refractivity (Wildman–Crippen MR) is 111 cm³/mol. The molecule has 0 aliphatic rings. The Labute approximate surface area is 178 Å². The van der Waals surface area contributed by atoms with E-state index in [0.717, 1.165) is 17.8 Å². The van der Waals surface area contributed by atoms with Crippen molar-refractivity contribution in [3.8, 4) is 5.75 Å². The van der Waals surface area contributed by atoms with Gasteiger partial charge in [0.05, 0.1) is 24.3 Å². The molecule has 1 aromatic heterocycles. The third-order valence-corrected chi connectivity index (χ3v) is 3.67. The fourth-order valence-electron chi connectivity index (χ4n) is 2.15. The lowest BCUT2D eigenvalue weighted by Crippen LogP contribution is -2.38. The van der Waals surface area contributed by atoms with Crippen LogP contribution in [0.4, 0.5) is 13.2 Å². The van der Waals surface area contributed by atoms with Gasteiger partial charge in [-0.1, -0.05) is 19.0 Å². The number of nitrogens with zero attached hydrogens (tertiary/aromatic N) is 2. The number of nitrogens with one attached hydrogen (secondary N) is 2. The lowest BCUT2D eigenvalue weighted by atomic mass is 10.1. The summed E-state index contributed by atoms with van der Waals surface area (Å²) in [6.45, 7) is 5.19. The average Bonchev–Trinajstić information content (AvgIpc) is 3.10. The standard InChI is InChI=1S/C18H23F3N4O2.HI/c1-12(2)16-10-15(27-25-16)11-24-17(22-3)23-8-9-26-14-6-4-13(5-7-14)18(19,20)21;/h4-7,10,12H,8-9,11H2,1-3H3,(H2,22,23,24);1H. The van der Waals surface area contributed by atoms with Crippen LogP contribution in [0.1, 0.15) is 36.8 Å². The van der Waals surface area contributed by atoms with Gasteiger partial charge in [-0.2, -0.15) is 13.2 Å². The normalized spacial score (nSPS) is 11.9. The van der Waals surface area contributed by atoms with Crippen molar-refractivity contribution >= 4 is 29.9 Å². The van der Waals surface area contributed by atoms with E-state index in [1.165, 1.54) is 12.1 Å². The molecule has 2 N–H and O–H groups in total. The number of aliphatic imine (C=N–C) groups is 1. The summed E-state index contributed by atoms with van der Waals surface area (Å²) in [5.41, 5.74) is 0.185. The summed E-state index contributed by atoms with van der Waals surface area (Å²) >= 11 is 0. The lowest BCUT2D eigenvalue weighted by molar-refractivity contribution is -0.137. The minimum atomic E-state index is -4.35. The number of hydrogen-bond acceptors (Lipinski definition) is 4. The molecule has 1 aromatic carbocycles. The zero-order valence-electron chi connectivity index (χ0n) is 15.8. The Hall–Kier alpha value is -1.98. The van der Waals surface area contributed by atoms with E-state index in [-0.39, 0.29) is 30.6 Å². The maximum Gasteiger partial charge on any atom is 0.416 e. The van der Waals surface area contributed by atoms with Gasteiger partial charge in [0.2, 0.25) is 0 Å². The van der Waals surface area contributed by atoms with Crippen LogP contribution in [-0.2, 0) is 12.7 Å². The van der Waals surface area contributed by atoms with Gasteiger partial charge in [-0.15, -0.1) is 24.0 Å². The minimum Gasteiger partial charge on any atom is -0.492 e. The summed E-state index contributed by atoms with van der Waals surface area (Å²) in [4.78, 5) is 4.08. The Bertz CT molecular complexity index is 746. The molecule has 2 aromatic rings. The molecule has 0 radical (unpaired) electrons. The first-order chi connectivity index (χ1) is 12.8. The third-order valence-electron chi connectivity index (χ3n) is 3.67. The molecule has 0 saturated heterocycles. The minimum absolute atomic E-state index is 0. The van der Waals surface area contributed by atoms with Gasteiger partial charge in [0.1, 0.15) is 12.4 Å². The van der Waals surface area contributed by atoms with Crippen molar-refractivity contribution in [2.45, 2.75) is 32.5 Å². The van der Waals surface area contributed by atoms with E-state index >= 15 is 0 Å². The topological polar surface area (TPSA) is 71.7 Å². The van der Waals surface area contributed by atoms with E-state index in [1.54, 1.807) is 7.05 Å². The smallest absolute Gasteiger partial charge is 0.416 e. The zero-order valence-corrected chi connectivity index (χ0v) is 18.2. The molecule has 0 aliphatic heterocycles. The van der Waals surface area contributed by atoms with Crippen molar-refractivity contribution in [1.82, 2.24) is 15.8 Å². The molecule has 0 unspecified atom stereocenters. The molecule has 0 spiro atoms. The number of halogens is 4. The highest BCUT2D eigenvalue weighted by molar-refractivity contribution is 14.0. The number of guanidine groups is 1. The van der Waals surface area contributed by atoms with Crippen LogP contribution < -0.4 is 15.4 Å². The number of aromatic nitrogens is 1. The Balaban J connectivity index is 0.00000392. The van der Waals surface area contributed by atoms with Gasteiger partial charge in [-0.25, -0.2) is 0 Å². The quantitative estimate of drug-likeness (QED) is 0.252. The first-order valence-electron chi connectivity index (χ1n) is 8.49. The van der Waals surface area contributed by atoms with Crippen molar-refractivity contribution in [2.24, 2.45) is 4.99 Å². The van der Waals surface area contributed by atoms with Gasteiger partial charge in [0.15, 0.2) is 11.7 Å². The van der Waals surface area contributed by atoms with E-state index in [9.17, 15) is 13.2 Å². The number of alkyl halides is 3. The highest BCUT2D eigenvalue weighted by atomic mass is 127. The second kappa shape index (κ2) is 11.1. The average molecular weight is 512 g/mol. The number of rotatable bonds is 7. The summed E-state index contributed by atoms with van der Waals surface area (Å²) in [5, 5.41) is 10.1. The van der Waals surface area contributed by atoms with Crippen molar-refractivity contribution in [3.63, 3.8) is 0 Å². The molecule has 0 amide bonds. The largest absolute Gasteiger partial charge is 0.492 e. The van der Waals surface area contributed by atoms with Gasteiger partial charge >= 0.3 is 6.18 Å². The Morgan fingerprint density at radius 3 is 2.43 bits per heavy atom. The molecule has 0 bridgehead atoms. The number of ether oxygens (including phenoxy) is 1. The van der Waals surface area contributed by atoms with Gasteiger partial charge < -0.3 is 19.9 Å². The lowest BCUT2D eigenvalue weighted by Gasteiger charge is -2.12. The van der Waals surface area contributed by atoms with Crippen molar-refractivity contribution in [2.75, 3.05) is 20.2 Å². The van der Waals surface area contributed by atoms with Crippen LogP contribution >= 0.6 is 24.0 Å². The SMILES string of the molecule is CN=C(NCCOc1ccc(C(F)(F)F)cc1)NCc1cc(C(C)C)no1.I. The number of hydrogen-bond donors (Lipinski definition) is 2. The summed E-state index contributed by atoms with van der Waals surface area (Å²) in [7, 11) is 1.63. The molecule has 0 atom stereocenters. The molecule has 156 valence electrons. The van der Waals surface area contributed by atoms with Crippen LogP contribution in [0.25, 0.3) is 0 Å². The van der Waals surface area contributed by atoms with Crippen LogP contribution in [0.2, 0.25) is 0 Å². The second-order valence-electron chi connectivity index (χ2n) is 6.10. The van der Waals surface area contributed by atoms with Gasteiger partial charge in [0, 0.05) is 13.1 Å². The van der Waals surface area contributed by atoms with Crippen molar-refractivity contribution < 1.29 is 22.4 Å². The zero-order chi connectivity index (χ0) is 19.9. The predicted octanol–water partition coefficient (Wildman–Crippen LogP) is 4.18. The van der Waals surface area contributed by atoms with E-state index < -0.39 is 11.7 Å². The monoisotopic (exact) mass is 512 g/mol. The van der Waals surface area contributed by atoms with Crippen LogP contribution in [0.5, 0.6) is 5.75 Å². The Kier molecular flexibility index (Phi) is 9.56. The highest BCUT2D eigenvalue weighted by Crippen LogP contribution is 2.30. The molecule has 0 aliphatic carbocycles. The summed E-state index contributed by atoms with van der Waals surface area (Å²) in [6.07, 6.45) is -4.35. The van der Waals surface area contributed by atoms with E-state index in [1.807, 2.05) is 19.9 Å². The molecule has 6 nitrogen and oxygen atoms in total. The Morgan fingerprint density at radius 2 is 1.89 bits per heavy atom. The fourth-order valence-corrected chi connectivity index (χ4v) is 2.15.